The molecule has 1 heterocycles. The summed E-state index contributed by atoms with van der Waals surface area (Å²) in [5.41, 5.74) is 4.00. The number of aryl methyl sites for hydroxylation is 1. The Morgan fingerprint density at radius 1 is 1.13 bits per heavy atom. The molecule has 2 atom stereocenters. The van der Waals surface area contributed by atoms with Gasteiger partial charge in [-0.3, -0.25) is 9.59 Å². The van der Waals surface area contributed by atoms with Gasteiger partial charge in [0, 0.05) is 25.6 Å². The van der Waals surface area contributed by atoms with Gasteiger partial charge in [0.25, 0.3) is 5.91 Å². The van der Waals surface area contributed by atoms with Gasteiger partial charge in [0.05, 0.1) is 30.0 Å². The molecule has 0 saturated carbocycles. The Morgan fingerprint density at radius 3 is 2.36 bits per heavy atom. The van der Waals surface area contributed by atoms with Crippen LogP contribution < -0.4 is 29.6 Å². The minimum Gasteiger partial charge on any atom is -1.00 e. The molecule has 0 unspecified atom stereocenters. The third-order valence-corrected chi connectivity index (χ3v) is 6.23. The number of aliphatic hydroxyl groups is 2. The number of aliphatic carboxylic acids is 1. The summed E-state index contributed by atoms with van der Waals surface area (Å²) in [5.74, 6) is -2.00. The van der Waals surface area contributed by atoms with E-state index in [4.69, 9.17) is 5.11 Å². The van der Waals surface area contributed by atoms with E-state index >= 15 is 0 Å². The molecule has 204 valence electrons. The Morgan fingerprint density at radius 2 is 1.77 bits per heavy atom. The quantitative estimate of drug-likeness (QED) is 0.313. The Bertz CT molecular complexity index is 1310. The summed E-state index contributed by atoms with van der Waals surface area (Å²) in [6.07, 6.45) is 0.0212. The zero-order valence-corrected chi connectivity index (χ0v) is 25.0. The van der Waals surface area contributed by atoms with Gasteiger partial charge in [-0.2, -0.15) is 5.10 Å². The third kappa shape index (κ3) is 8.58. The summed E-state index contributed by atoms with van der Waals surface area (Å²) in [6, 6.07) is 13.5. The number of carboxylic acid groups (broad SMARTS) is 1. The second-order valence-corrected chi connectivity index (χ2v) is 9.69. The van der Waals surface area contributed by atoms with E-state index in [9.17, 15) is 24.2 Å². The van der Waals surface area contributed by atoms with Crippen LogP contribution in [0.5, 0.6) is 0 Å². The number of carboxylic acids is 1. The summed E-state index contributed by atoms with van der Waals surface area (Å²) in [6.45, 7) is 6.22. The summed E-state index contributed by atoms with van der Waals surface area (Å²) < 4.78 is 15.2. The molecule has 0 spiro atoms. The van der Waals surface area contributed by atoms with E-state index in [0.717, 1.165) is 11.1 Å². The Labute approximate surface area is 251 Å². The molecular formula is C29H35FN3NaO5. The van der Waals surface area contributed by atoms with Crippen LogP contribution in [0, 0.1) is 12.7 Å². The van der Waals surface area contributed by atoms with Gasteiger partial charge in [0.2, 0.25) is 0 Å². The van der Waals surface area contributed by atoms with Gasteiger partial charge >= 0.3 is 35.5 Å². The van der Waals surface area contributed by atoms with Crippen molar-refractivity contribution in [2.45, 2.75) is 58.3 Å². The number of rotatable bonds is 11. The Kier molecular flexibility index (Phi) is 12.1. The number of hydrogen-bond acceptors (Lipinski definition) is 5. The van der Waals surface area contributed by atoms with Crippen molar-refractivity contribution in [2.24, 2.45) is 0 Å². The average molecular weight is 548 g/mol. The molecule has 0 radical (unpaired) electrons. The fourth-order valence-electron chi connectivity index (χ4n) is 4.25. The number of aromatic nitrogens is 2. The predicted octanol–water partition coefficient (Wildman–Crippen LogP) is 1.43. The number of aliphatic hydroxyl groups excluding tert-OH is 2. The SMILES string of the molecule is Cc1ccccc1CN(C)C(=O)c1nn(-c2ccc(F)cc2)c(/C=C/[C@H](O)C[C@@H](O)CC(=O)O)c1C(C)C.[H-].[Na+]. The molecule has 1 amide bonds. The van der Waals surface area contributed by atoms with E-state index in [0.29, 0.717) is 23.5 Å². The number of halogens is 1. The topological polar surface area (TPSA) is 116 Å². The molecule has 2 aromatic carbocycles. The van der Waals surface area contributed by atoms with E-state index in [1.54, 1.807) is 30.2 Å². The van der Waals surface area contributed by atoms with Crippen LogP contribution >= 0.6 is 0 Å². The average Bonchev–Trinajstić information content (AvgIpc) is 3.23. The minimum atomic E-state index is -1.22. The van der Waals surface area contributed by atoms with Crippen LogP contribution in [0.15, 0.2) is 54.6 Å². The van der Waals surface area contributed by atoms with Crippen LogP contribution in [0.3, 0.4) is 0 Å². The first-order chi connectivity index (χ1) is 18.0. The van der Waals surface area contributed by atoms with Crippen LogP contribution in [0.1, 0.15) is 66.9 Å². The first kappa shape index (κ1) is 32.4. The van der Waals surface area contributed by atoms with Crippen molar-refractivity contribution in [3.63, 3.8) is 0 Å². The number of benzene rings is 2. The number of carbonyl (C=O) groups is 2. The molecule has 0 bridgehead atoms. The second kappa shape index (κ2) is 14.5. The van der Waals surface area contributed by atoms with E-state index in [1.165, 1.54) is 22.9 Å². The smallest absolute Gasteiger partial charge is 1.00 e. The summed E-state index contributed by atoms with van der Waals surface area (Å²) in [4.78, 5) is 26.1. The normalized spacial score (nSPS) is 12.8. The predicted molar refractivity (Wildman–Crippen MR) is 144 cm³/mol. The van der Waals surface area contributed by atoms with Gasteiger partial charge in [-0.25, -0.2) is 9.07 Å². The van der Waals surface area contributed by atoms with Crippen LogP contribution in [-0.4, -0.2) is 61.1 Å². The maximum absolute atomic E-state index is 13.7. The molecular weight excluding hydrogens is 512 g/mol. The van der Waals surface area contributed by atoms with Crippen LogP contribution in [0.25, 0.3) is 11.8 Å². The summed E-state index contributed by atoms with van der Waals surface area (Å²) in [7, 11) is 1.71. The van der Waals surface area contributed by atoms with Gasteiger partial charge in [-0.05, 0) is 54.3 Å². The molecule has 8 nitrogen and oxygen atoms in total. The Hall–Kier alpha value is -2.82. The molecule has 39 heavy (non-hydrogen) atoms. The molecule has 3 aromatic rings. The first-order valence-electron chi connectivity index (χ1n) is 12.4. The van der Waals surface area contributed by atoms with Crippen molar-refractivity contribution in [2.75, 3.05) is 7.05 Å². The van der Waals surface area contributed by atoms with Crippen LogP contribution in [-0.2, 0) is 11.3 Å². The van der Waals surface area contributed by atoms with Gasteiger partial charge in [0.1, 0.15) is 5.82 Å². The molecule has 10 heteroatoms. The van der Waals surface area contributed by atoms with Crippen molar-refractivity contribution in [1.29, 1.82) is 0 Å². The molecule has 0 aliphatic rings. The molecule has 0 aliphatic carbocycles. The Balaban J connectivity index is 0.00000400. The molecule has 0 fully saturated rings. The van der Waals surface area contributed by atoms with E-state index in [1.807, 2.05) is 45.0 Å². The molecule has 3 N–H and O–H groups in total. The van der Waals surface area contributed by atoms with E-state index in [2.05, 4.69) is 5.10 Å². The van der Waals surface area contributed by atoms with Crippen molar-refractivity contribution >= 4 is 18.0 Å². The first-order valence-corrected chi connectivity index (χ1v) is 12.4. The van der Waals surface area contributed by atoms with Crippen molar-refractivity contribution in [3.05, 3.63) is 88.5 Å². The van der Waals surface area contributed by atoms with Crippen molar-refractivity contribution in [3.8, 4) is 5.69 Å². The maximum atomic E-state index is 13.7. The fourth-order valence-corrected chi connectivity index (χ4v) is 4.25. The van der Waals surface area contributed by atoms with Gasteiger partial charge in [0.15, 0.2) is 5.69 Å². The molecule has 3 rings (SSSR count). The van der Waals surface area contributed by atoms with E-state index in [-0.39, 0.29) is 54.9 Å². The van der Waals surface area contributed by atoms with Gasteiger partial charge < -0.3 is 21.6 Å². The zero-order valence-electron chi connectivity index (χ0n) is 24.0. The number of nitrogens with zero attached hydrogens (tertiary/aromatic N) is 3. The molecule has 1 aromatic heterocycles. The number of carbonyl (C=O) groups excluding carboxylic acids is 1. The van der Waals surface area contributed by atoms with E-state index < -0.39 is 30.4 Å². The zero-order chi connectivity index (χ0) is 28.0. The fraction of sp³-hybridized carbons (Fsp3) is 0.345. The monoisotopic (exact) mass is 547 g/mol. The molecule has 0 aliphatic heterocycles. The largest absolute Gasteiger partial charge is 1.00 e. The van der Waals surface area contributed by atoms with Crippen molar-refractivity contribution < 1.29 is 60.3 Å². The standard InChI is InChI=1S/C29H34FN3O5.Na.H/c1-18(2)27-25(14-13-23(34)15-24(35)16-26(36)37)33(22-11-9-21(30)10-12-22)31-28(27)29(38)32(4)17-20-8-6-5-7-19(20)3;;/h5-14,18,23-24,34-35H,15-17H2,1-4H3,(H,36,37);;/q;+1;-1/b14-13+;;/t23-,24+;;/m0../s1. The van der Waals surface area contributed by atoms with Gasteiger partial charge in [-0.1, -0.05) is 44.2 Å². The minimum absolute atomic E-state index is 0. The summed E-state index contributed by atoms with van der Waals surface area (Å²) in [5, 5.41) is 33.8. The number of amides is 1. The van der Waals surface area contributed by atoms with Crippen LogP contribution in [0.2, 0.25) is 0 Å². The third-order valence-electron chi connectivity index (χ3n) is 6.23. The number of hydrogen-bond donors (Lipinski definition) is 3. The molecule has 0 saturated heterocycles. The summed E-state index contributed by atoms with van der Waals surface area (Å²) >= 11 is 0. The van der Waals surface area contributed by atoms with Crippen LogP contribution in [0.4, 0.5) is 4.39 Å². The van der Waals surface area contributed by atoms with Crippen molar-refractivity contribution in [1.82, 2.24) is 14.7 Å². The maximum Gasteiger partial charge on any atom is 1.00 e. The van der Waals surface area contributed by atoms with Gasteiger partial charge in [-0.15, -0.1) is 0 Å². The second-order valence-electron chi connectivity index (χ2n) is 9.69.